The maximum atomic E-state index is 12.0. The molecular formula is C17H17N3O2S2. The number of aromatic nitrogens is 2. The number of thiazole rings is 1. The second-order valence-corrected chi connectivity index (χ2v) is 6.90. The topological polar surface area (TPSA) is 64.1 Å². The van der Waals surface area contributed by atoms with Crippen molar-refractivity contribution in [1.29, 1.82) is 0 Å². The van der Waals surface area contributed by atoms with Gasteiger partial charge in [-0.2, -0.15) is 0 Å². The average Bonchev–Trinajstić information content (AvgIpc) is 3.11. The van der Waals surface area contributed by atoms with Gasteiger partial charge in [-0.25, -0.2) is 9.97 Å². The van der Waals surface area contributed by atoms with E-state index in [1.807, 2.05) is 23.6 Å². The molecule has 0 saturated carbocycles. The van der Waals surface area contributed by atoms with Gasteiger partial charge in [-0.15, -0.1) is 11.3 Å². The molecule has 0 bridgehead atoms. The number of methoxy groups -OCH3 is 1. The highest BCUT2D eigenvalue weighted by Crippen LogP contribution is 2.27. The molecule has 0 aliphatic rings. The fourth-order valence-corrected chi connectivity index (χ4v) is 3.69. The van der Waals surface area contributed by atoms with Crippen LogP contribution in [0.25, 0.3) is 10.9 Å². The van der Waals surface area contributed by atoms with Crippen molar-refractivity contribution in [3.05, 3.63) is 41.4 Å². The third kappa shape index (κ3) is 3.85. The van der Waals surface area contributed by atoms with Crippen LogP contribution in [0.1, 0.15) is 12.5 Å². The molecule has 2 aromatic heterocycles. The Balaban J connectivity index is 1.78. The second-order valence-electron chi connectivity index (χ2n) is 5.04. The number of pyridine rings is 1. The second kappa shape index (κ2) is 7.63. The third-order valence-electron chi connectivity index (χ3n) is 3.46. The lowest BCUT2D eigenvalue weighted by molar-refractivity contribution is -0.113. The first-order valence-corrected chi connectivity index (χ1v) is 9.36. The van der Waals surface area contributed by atoms with Gasteiger partial charge in [-0.3, -0.25) is 4.79 Å². The molecule has 0 aliphatic heterocycles. The van der Waals surface area contributed by atoms with Gasteiger partial charge in [-0.1, -0.05) is 18.7 Å². The monoisotopic (exact) mass is 359 g/mol. The van der Waals surface area contributed by atoms with Crippen LogP contribution in [0.4, 0.5) is 5.13 Å². The van der Waals surface area contributed by atoms with Crippen LogP contribution in [0.3, 0.4) is 0 Å². The van der Waals surface area contributed by atoms with E-state index in [-0.39, 0.29) is 5.91 Å². The number of nitrogens with zero attached hydrogens (tertiary/aromatic N) is 2. The van der Waals surface area contributed by atoms with Crippen molar-refractivity contribution in [3.63, 3.8) is 0 Å². The molecule has 0 radical (unpaired) electrons. The van der Waals surface area contributed by atoms with E-state index >= 15 is 0 Å². The molecule has 24 heavy (non-hydrogen) atoms. The minimum Gasteiger partial charge on any atom is -0.497 e. The molecule has 3 aromatic rings. The minimum atomic E-state index is -0.0791. The molecule has 0 unspecified atom stereocenters. The standard InChI is InChI=1S/C17H17N3O2S2/c1-3-11-8-12-4-5-13(22-2)9-14(12)19-16(11)24-10-15(21)20-17-18-6-7-23-17/h4-9H,3,10H2,1-2H3,(H,18,20,21). The molecule has 3 rings (SSSR count). The van der Waals surface area contributed by atoms with Crippen molar-refractivity contribution in [3.8, 4) is 5.75 Å². The summed E-state index contributed by atoms with van der Waals surface area (Å²) in [7, 11) is 1.64. The van der Waals surface area contributed by atoms with Crippen molar-refractivity contribution < 1.29 is 9.53 Å². The highest BCUT2D eigenvalue weighted by atomic mass is 32.2. The molecule has 1 amide bonds. The highest BCUT2D eigenvalue weighted by molar-refractivity contribution is 8.00. The van der Waals surface area contributed by atoms with Gasteiger partial charge in [0.15, 0.2) is 5.13 Å². The summed E-state index contributed by atoms with van der Waals surface area (Å²) >= 11 is 2.85. The number of hydrogen-bond acceptors (Lipinski definition) is 6. The molecule has 0 atom stereocenters. The number of carbonyl (C=O) groups excluding carboxylic acids is 1. The number of thioether (sulfide) groups is 1. The fourth-order valence-electron chi connectivity index (χ4n) is 2.25. The van der Waals surface area contributed by atoms with Gasteiger partial charge in [0.25, 0.3) is 0 Å². The number of nitrogens with one attached hydrogen (secondary N) is 1. The lowest BCUT2D eigenvalue weighted by atomic mass is 10.1. The van der Waals surface area contributed by atoms with Crippen molar-refractivity contribution >= 4 is 45.0 Å². The summed E-state index contributed by atoms with van der Waals surface area (Å²) in [5.74, 6) is 0.996. The predicted molar refractivity (Wildman–Crippen MR) is 99.1 cm³/mol. The van der Waals surface area contributed by atoms with Crippen LogP contribution in [-0.2, 0) is 11.2 Å². The minimum absolute atomic E-state index is 0.0791. The zero-order valence-electron chi connectivity index (χ0n) is 13.4. The summed E-state index contributed by atoms with van der Waals surface area (Å²) in [6.45, 7) is 2.09. The molecular weight excluding hydrogens is 342 g/mol. The van der Waals surface area contributed by atoms with Gasteiger partial charge >= 0.3 is 0 Å². The Kier molecular flexibility index (Phi) is 5.32. The smallest absolute Gasteiger partial charge is 0.236 e. The maximum absolute atomic E-state index is 12.0. The summed E-state index contributed by atoms with van der Waals surface area (Å²) in [5, 5.41) is 7.19. The van der Waals surface area contributed by atoms with Crippen LogP contribution >= 0.6 is 23.1 Å². The van der Waals surface area contributed by atoms with E-state index in [0.717, 1.165) is 33.7 Å². The van der Waals surface area contributed by atoms with Gasteiger partial charge in [-0.05, 0) is 30.2 Å². The third-order valence-corrected chi connectivity index (χ3v) is 5.19. The van der Waals surface area contributed by atoms with Crippen LogP contribution in [-0.4, -0.2) is 28.7 Å². The summed E-state index contributed by atoms with van der Waals surface area (Å²) in [6, 6.07) is 7.97. The Morgan fingerprint density at radius 1 is 1.38 bits per heavy atom. The van der Waals surface area contributed by atoms with Crippen LogP contribution in [0.5, 0.6) is 5.75 Å². The number of amides is 1. The molecule has 7 heteroatoms. The SMILES string of the molecule is CCc1cc2ccc(OC)cc2nc1SCC(=O)Nc1nccs1. The molecule has 0 saturated heterocycles. The summed E-state index contributed by atoms with van der Waals surface area (Å²) in [4.78, 5) is 20.8. The Morgan fingerprint density at radius 3 is 2.96 bits per heavy atom. The van der Waals surface area contributed by atoms with E-state index < -0.39 is 0 Å². The van der Waals surface area contributed by atoms with Crippen LogP contribution < -0.4 is 10.1 Å². The Bertz CT molecular complexity index is 850. The number of ether oxygens (including phenoxy) is 1. The van der Waals surface area contributed by atoms with E-state index in [2.05, 4.69) is 23.3 Å². The molecule has 2 heterocycles. The Hall–Kier alpha value is -2.12. The van der Waals surface area contributed by atoms with E-state index in [1.165, 1.54) is 23.1 Å². The molecule has 1 aromatic carbocycles. The summed E-state index contributed by atoms with van der Waals surface area (Å²) in [5.41, 5.74) is 2.01. The number of rotatable bonds is 6. The van der Waals surface area contributed by atoms with Gasteiger partial charge in [0, 0.05) is 23.0 Å². The summed E-state index contributed by atoms with van der Waals surface area (Å²) < 4.78 is 5.26. The van der Waals surface area contributed by atoms with Gasteiger partial charge in [0.1, 0.15) is 10.8 Å². The molecule has 0 fully saturated rings. The van der Waals surface area contributed by atoms with E-state index in [4.69, 9.17) is 9.72 Å². The van der Waals surface area contributed by atoms with Crippen LogP contribution in [0.2, 0.25) is 0 Å². The van der Waals surface area contributed by atoms with Crippen LogP contribution in [0.15, 0.2) is 40.9 Å². The largest absolute Gasteiger partial charge is 0.497 e. The average molecular weight is 359 g/mol. The number of anilines is 1. The van der Waals surface area contributed by atoms with Crippen molar-refractivity contribution in [2.75, 3.05) is 18.2 Å². The van der Waals surface area contributed by atoms with Gasteiger partial charge in [0.05, 0.1) is 18.4 Å². The number of fused-ring (bicyclic) bond motifs is 1. The number of aryl methyl sites for hydroxylation is 1. The number of carbonyl (C=O) groups is 1. The van der Waals surface area contributed by atoms with E-state index in [9.17, 15) is 4.79 Å². The van der Waals surface area contributed by atoms with Gasteiger partial charge < -0.3 is 10.1 Å². The van der Waals surface area contributed by atoms with Crippen LogP contribution in [0, 0.1) is 0 Å². The first-order valence-electron chi connectivity index (χ1n) is 7.49. The first kappa shape index (κ1) is 16.7. The molecule has 1 N–H and O–H groups in total. The zero-order valence-corrected chi connectivity index (χ0v) is 15.0. The first-order chi connectivity index (χ1) is 11.7. The van der Waals surface area contributed by atoms with E-state index in [0.29, 0.717) is 10.9 Å². The number of hydrogen-bond donors (Lipinski definition) is 1. The van der Waals surface area contributed by atoms with Gasteiger partial charge in [0.2, 0.25) is 5.91 Å². The number of benzene rings is 1. The van der Waals surface area contributed by atoms with Crippen molar-refractivity contribution in [2.24, 2.45) is 0 Å². The zero-order chi connectivity index (χ0) is 16.9. The maximum Gasteiger partial charge on any atom is 0.236 e. The highest BCUT2D eigenvalue weighted by Gasteiger charge is 2.11. The Morgan fingerprint density at radius 2 is 2.25 bits per heavy atom. The molecule has 124 valence electrons. The molecule has 0 aliphatic carbocycles. The predicted octanol–water partition coefficient (Wildman–Crippen LogP) is 3.99. The van der Waals surface area contributed by atoms with E-state index in [1.54, 1.807) is 13.3 Å². The lowest BCUT2D eigenvalue weighted by Crippen LogP contribution is -2.14. The van der Waals surface area contributed by atoms with Crippen molar-refractivity contribution in [2.45, 2.75) is 18.4 Å². The quantitative estimate of drug-likeness (QED) is 0.674. The molecule has 5 nitrogen and oxygen atoms in total. The molecule has 0 spiro atoms. The fraction of sp³-hybridized carbons (Fsp3) is 0.235. The van der Waals surface area contributed by atoms with Crippen molar-refractivity contribution in [1.82, 2.24) is 9.97 Å². The lowest BCUT2D eigenvalue weighted by Gasteiger charge is -2.09. The summed E-state index contributed by atoms with van der Waals surface area (Å²) in [6.07, 6.45) is 2.53. The Labute approximate surface area is 148 Å². The normalized spacial score (nSPS) is 10.8.